The molecule has 196 valence electrons. The zero-order chi connectivity index (χ0) is 25.6. The number of anilines is 1. The summed E-state index contributed by atoms with van der Waals surface area (Å²) in [6.07, 6.45) is 9.98. The Balaban J connectivity index is 2.05. The molecule has 1 aromatic rings. The first-order valence-corrected chi connectivity index (χ1v) is 15.0. The van der Waals surface area contributed by atoms with Gasteiger partial charge in [-0.25, -0.2) is 13.2 Å². The Morgan fingerprint density at radius 1 is 1.26 bits per heavy atom. The molecule has 0 N–H and O–H groups in total. The number of ether oxygens (including phenoxy) is 2. The first-order chi connectivity index (χ1) is 16.7. The van der Waals surface area contributed by atoms with Crippen molar-refractivity contribution in [2.75, 3.05) is 37.9 Å². The number of sulfonamides is 1. The molecule has 7 nitrogen and oxygen atoms in total. The summed E-state index contributed by atoms with van der Waals surface area (Å²) in [5.74, 6) is -1.59. The summed E-state index contributed by atoms with van der Waals surface area (Å²) < 4.78 is 53.2. The number of carbonyl (C=O) groups is 1. The van der Waals surface area contributed by atoms with E-state index in [0.717, 1.165) is 38.6 Å². The van der Waals surface area contributed by atoms with Crippen molar-refractivity contribution in [3.63, 3.8) is 0 Å². The molecule has 3 rings (SSSR count). The van der Waals surface area contributed by atoms with E-state index in [2.05, 4.69) is 16.6 Å². The Morgan fingerprint density at radius 2 is 1.97 bits per heavy atom. The molecule has 0 aromatic heterocycles. The van der Waals surface area contributed by atoms with E-state index in [9.17, 15) is 17.6 Å². The van der Waals surface area contributed by atoms with Gasteiger partial charge < -0.3 is 14.4 Å². The molecule has 0 unspecified atom stereocenters. The van der Waals surface area contributed by atoms with Crippen LogP contribution in [0.3, 0.4) is 0 Å². The first kappa shape index (κ1) is 27.8. The van der Waals surface area contributed by atoms with E-state index < -0.39 is 21.8 Å². The van der Waals surface area contributed by atoms with Gasteiger partial charge in [0.1, 0.15) is 16.9 Å². The summed E-state index contributed by atoms with van der Waals surface area (Å²) in [5.41, 5.74) is 0.661. The average Bonchev–Trinajstić information content (AvgIpc) is 3.34. The molecule has 1 aliphatic heterocycles. The van der Waals surface area contributed by atoms with E-state index in [4.69, 9.17) is 4.74 Å². The lowest BCUT2D eigenvalue weighted by molar-refractivity contribution is -0.140. The SMILES string of the molecule is CCCC[C@@H]1CN(CC2CCCC2)c2cc(SC)c(O/C=C(\F)C(=O)OCC)cc2S(=O)(=O)N1C. The maximum absolute atomic E-state index is 14.1. The van der Waals surface area contributed by atoms with E-state index in [1.165, 1.54) is 35.0 Å². The highest BCUT2D eigenvalue weighted by molar-refractivity contribution is 7.98. The quantitative estimate of drug-likeness (QED) is 0.175. The fourth-order valence-corrected chi connectivity index (χ4v) is 6.93. The number of carbonyl (C=O) groups excluding carboxylic acids is 1. The number of thioether (sulfide) groups is 1. The first-order valence-electron chi connectivity index (χ1n) is 12.4. The number of rotatable bonds is 10. The van der Waals surface area contributed by atoms with Crippen LogP contribution in [-0.2, 0) is 19.6 Å². The van der Waals surface area contributed by atoms with Crippen LogP contribution in [-0.4, -0.2) is 57.7 Å². The molecule has 1 heterocycles. The van der Waals surface area contributed by atoms with Crippen molar-refractivity contribution >= 4 is 33.4 Å². The maximum Gasteiger partial charge on any atom is 0.370 e. The molecule has 0 bridgehead atoms. The molecule has 1 fully saturated rings. The van der Waals surface area contributed by atoms with Crippen LogP contribution in [0.5, 0.6) is 5.75 Å². The van der Waals surface area contributed by atoms with Crippen LogP contribution in [0.1, 0.15) is 58.8 Å². The van der Waals surface area contributed by atoms with Crippen LogP contribution in [0.4, 0.5) is 10.1 Å². The Bertz CT molecular complexity index is 1020. The van der Waals surface area contributed by atoms with Crippen LogP contribution in [0.2, 0.25) is 0 Å². The minimum atomic E-state index is -3.82. The minimum Gasteiger partial charge on any atom is -0.461 e. The van der Waals surface area contributed by atoms with Crippen molar-refractivity contribution in [2.45, 2.75) is 74.6 Å². The van der Waals surface area contributed by atoms with Crippen molar-refractivity contribution in [3.8, 4) is 5.75 Å². The summed E-state index contributed by atoms with van der Waals surface area (Å²) in [4.78, 5) is 14.7. The number of fused-ring (bicyclic) bond motifs is 1. The second kappa shape index (κ2) is 12.5. The van der Waals surface area contributed by atoms with Crippen LogP contribution in [0.15, 0.2) is 34.0 Å². The summed E-state index contributed by atoms with van der Waals surface area (Å²) >= 11 is 1.38. The lowest BCUT2D eigenvalue weighted by Crippen LogP contribution is -2.43. The molecule has 1 aromatic carbocycles. The van der Waals surface area contributed by atoms with Gasteiger partial charge in [0, 0.05) is 32.2 Å². The second-order valence-corrected chi connectivity index (χ2v) is 12.0. The summed E-state index contributed by atoms with van der Waals surface area (Å²) in [5, 5.41) is 0. The number of likely N-dealkylation sites (N-methyl/N-ethyl adjacent to an activating group) is 1. The molecule has 10 heteroatoms. The molecular formula is C25H37FN2O5S2. The number of hydrogen-bond acceptors (Lipinski definition) is 7. The largest absolute Gasteiger partial charge is 0.461 e. The van der Waals surface area contributed by atoms with Gasteiger partial charge in [-0.15, -0.1) is 11.8 Å². The molecular weight excluding hydrogens is 491 g/mol. The van der Waals surface area contributed by atoms with E-state index >= 15 is 0 Å². The van der Waals surface area contributed by atoms with E-state index in [0.29, 0.717) is 29.3 Å². The highest BCUT2D eigenvalue weighted by Gasteiger charge is 2.38. The van der Waals surface area contributed by atoms with Gasteiger partial charge in [0.2, 0.25) is 15.9 Å². The highest BCUT2D eigenvalue weighted by Crippen LogP contribution is 2.42. The Morgan fingerprint density at radius 3 is 2.60 bits per heavy atom. The number of halogens is 1. The van der Waals surface area contributed by atoms with Crippen LogP contribution in [0, 0.1) is 5.92 Å². The Hall–Kier alpha value is -1.78. The third-order valence-corrected chi connectivity index (χ3v) is 9.49. The molecule has 0 saturated heterocycles. The number of esters is 1. The molecule has 0 radical (unpaired) electrons. The molecule has 2 aliphatic rings. The van der Waals surface area contributed by atoms with Crippen molar-refractivity contribution in [1.29, 1.82) is 0 Å². The average molecular weight is 529 g/mol. The van der Waals surface area contributed by atoms with Gasteiger partial charge in [-0.2, -0.15) is 8.70 Å². The Labute approximate surface area is 213 Å². The van der Waals surface area contributed by atoms with Crippen LogP contribution < -0.4 is 9.64 Å². The zero-order valence-electron chi connectivity index (χ0n) is 21.1. The summed E-state index contributed by atoms with van der Waals surface area (Å²) in [6.45, 7) is 5.16. The fraction of sp³-hybridized carbons (Fsp3) is 0.640. The maximum atomic E-state index is 14.1. The molecule has 1 aliphatic carbocycles. The normalized spacial score (nSPS) is 21.0. The smallest absolute Gasteiger partial charge is 0.370 e. The molecule has 0 spiro atoms. The fourth-order valence-electron chi connectivity index (χ4n) is 4.81. The number of benzene rings is 1. The van der Waals surface area contributed by atoms with Crippen molar-refractivity contribution in [3.05, 3.63) is 24.2 Å². The van der Waals surface area contributed by atoms with Crippen molar-refractivity contribution < 1.29 is 27.1 Å². The third-order valence-electron chi connectivity index (χ3n) is 6.79. The lowest BCUT2D eigenvalue weighted by atomic mass is 10.0. The minimum absolute atomic E-state index is 0.0373. The van der Waals surface area contributed by atoms with Gasteiger partial charge in [-0.1, -0.05) is 32.6 Å². The number of hydrogen-bond donors (Lipinski definition) is 0. The van der Waals surface area contributed by atoms with Crippen LogP contribution in [0.25, 0.3) is 0 Å². The highest BCUT2D eigenvalue weighted by atomic mass is 32.2. The second-order valence-electron chi connectivity index (χ2n) is 9.15. The molecule has 35 heavy (non-hydrogen) atoms. The topological polar surface area (TPSA) is 76.1 Å². The summed E-state index contributed by atoms with van der Waals surface area (Å²) in [6, 6.07) is 3.15. The number of unbranched alkanes of at least 4 members (excludes halogenated alkanes) is 1. The lowest BCUT2D eigenvalue weighted by Gasteiger charge is -2.31. The van der Waals surface area contributed by atoms with Gasteiger partial charge in [-0.05, 0) is 44.4 Å². The van der Waals surface area contributed by atoms with E-state index in [-0.39, 0.29) is 23.3 Å². The van der Waals surface area contributed by atoms with Crippen molar-refractivity contribution in [2.24, 2.45) is 5.92 Å². The van der Waals surface area contributed by atoms with Gasteiger partial charge in [0.25, 0.3) is 0 Å². The molecule has 0 amide bonds. The van der Waals surface area contributed by atoms with E-state index in [1.807, 2.05) is 12.3 Å². The third kappa shape index (κ3) is 6.51. The van der Waals surface area contributed by atoms with Crippen molar-refractivity contribution in [1.82, 2.24) is 4.31 Å². The predicted octanol–water partition coefficient (Wildman–Crippen LogP) is 5.35. The predicted molar refractivity (Wildman–Crippen MR) is 137 cm³/mol. The monoisotopic (exact) mass is 528 g/mol. The standard InChI is InChI=1S/C25H37FN2O5S2/c1-5-7-12-19-16-28(15-18-10-8-9-11-18)21-13-23(34-4)22(14-24(21)35(30,31)27(19)3)33-17-20(26)25(29)32-6-2/h13-14,17-19H,5-12,15-16H2,1-4H3/b20-17-/t19-/m1/s1. The molecule has 1 atom stereocenters. The van der Waals surface area contributed by atoms with Gasteiger partial charge >= 0.3 is 5.97 Å². The van der Waals surface area contributed by atoms with E-state index in [1.54, 1.807) is 14.0 Å². The zero-order valence-corrected chi connectivity index (χ0v) is 22.7. The summed E-state index contributed by atoms with van der Waals surface area (Å²) in [7, 11) is -2.18. The van der Waals surface area contributed by atoms with Gasteiger partial charge in [0.05, 0.1) is 17.2 Å². The van der Waals surface area contributed by atoms with Gasteiger partial charge in [-0.3, -0.25) is 0 Å². The number of nitrogens with zero attached hydrogens (tertiary/aromatic N) is 2. The molecule has 1 saturated carbocycles. The van der Waals surface area contributed by atoms with Crippen LogP contribution >= 0.6 is 11.8 Å². The van der Waals surface area contributed by atoms with Gasteiger partial charge in [0.15, 0.2) is 0 Å². The Kier molecular flexibility index (Phi) is 9.89.